The molecule has 0 radical (unpaired) electrons. The number of aryl methyl sites for hydroxylation is 1. The Kier molecular flexibility index (Phi) is 6.86. The Bertz CT molecular complexity index is 1390. The van der Waals surface area contributed by atoms with Gasteiger partial charge < -0.3 is 5.32 Å². The molecule has 0 unspecified atom stereocenters. The van der Waals surface area contributed by atoms with Gasteiger partial charge in [0.05, 0.1) is 16.9 Å². The fourth-order valence-corrected chi connectivity index (χ4v) is 5.95. The summed E-state index contributed by atoms with van der Waals surface area (Å²) in [6.07, 6.45) is 0.835. The van der Waals surface area contributed by atoms with Crippen molar-refractivity contribution in [1.29, 1.82) is 5.26 Å². The fourth-order valence-electron chi connectivity index (χ4n) is 4.17. The van der Waals surface area contributed by atoms with Crippen molar-refractivity contribution in [3.05, 3.63) is 80.7 Å². The lowest BCUT2D eigenvalue weighted by Gasteiger charge is -2.27. The van der Waals surface area contributed by atoms with E-state index in [1.807, 2.05) is 0 Å². The Morgan fingerprint density at radius 1 is 1.21 bits per heavy atom. The number of amides is 1. The average molecular weight is 495 g/mol. The molecule has 0 fully saturated rings. The number of sulfonamides is 1. The van der Waals surface area contributed by atoms with Gasteiger partial charge in [0.25, 0.3) is 0 Å². The Morgan fingerprint density at radius 3 is 2.62 bits per heavy atom. The van der Waals surface area contributed by atoms with Gasteiger partial charge in [-0.05, 0) is 60.2 Å². The van der Waals surface area contributed by atoms with Crippen LogP contribution >= 0.6 is 11.3 Å². The molecule has 176 valence electrons. The van der Waals surface area contributed by atoms with Gasteiger partial charge in [0.1, 0.15) is 11.1 Å². The van der Waals surface area contributed by atoms with Crippen LogP contribution in [-0.4, -0.2) is 25.8 Å². The van der Waals surface area contributed by atoms with Crippen molar-refractivity contribution in [1.82, 2.24) is 4.90 Å². The highest BCUT2D eigenvalue weighted by Gasteiger charge is 2.25. The van der Waals surface area contributed by atoms with Gasteiger partial charge in [-0.3, -0.25) is 9.69 Å². The minimum atomic E-state index is -3.78. The summed E-state index contributed by atoms with van der Waals surface area (Å²) in [6.45, 7) is 6.72. The largest absolute Gasteiger partial charge is 0.316 e. The van der Waals surface area contributed by atoms with Crippen LogP contribution in [0.25, 0.3) is 0 Å². The van der Waals surface area contributed by atoms with E-state index in [4.69, 9.17) is 5.14 Å². The second-order valence-corrected chi connectivity index (χ2v) is 11.2. The number of nitrogens with one attached hydrogen (secondary N) is 1. The van der Waals surface area contributed by atoms with Crippen LogP contribution in [0.3, 0.4) is 0 Å². The number of nitrogens with two attached hydrogens (primary N) is 1. The first-order chi connectivity index (χ1) is 16.2. The van der Waals surface area contributed by atoms with Gasteiger partial charge in [-0.2, -0.15) is 5.26 Å². The Labute approximate surface area is 203 Å². The number of hydrogen-bond donors (Lipinski definition) is 2. The van der Waals surface area contributed by atoms with Gasteiger partial charge in [0.15, 0.2) is 0 Å². The number of anilines is 1. The predicted octanol–water partition coefficient (Wildman–Crippen LogP) is 3.62. The molecule has 2 heterocycles. The van der Waals surface area contributed by atoms with E-state index in [2.05, 4.69) is 48.3 Å². The van der Waals surface area contributed by atoms with Crippen LogP contribution in [0.15, 0.2) is 47.4 Å². The predicted molar refractivity (Wildman–Crippen MR) is 133 cm³/mol. The van der Waals surface area contributed by atoms with Gasteiger partial charge >= 0.3 is 0 Å². The van der Waals surface area contributed by atoms with Crippen LogP contribution in [0.2, 0.25) is 0 Å². The summed E-state index contributed by atoms with van der Waals surface area (Å²) >= 11 is 1.46. The minimum Gasteiger partial charge on any atom is -0.316 e. The first kappa shape index (κ1) is 24.1. The number of nitrogens with zero attached hydrogens (tertiary/aromatic N) is 2. The van der Waals surface area contributed by atoms with E-state index in [9.17, 15) is 18.5 Å². The number of thiophene rings is 1. The highest BCUT2D eigenvalue weighted by Crippen LogP contribution is 2.37. The normalized spacial score (nSPS) is 13.8. The van der Waals surface area contributed by atoms with Crippen LogP contribution in [0, 0.1) is 25.2 Å². The van der Waals surface area contributed by atoms with Gasteiger partial charge in [-0.15, -0.1) is 11.3 Å². The number of hydrogen-bond acceptors (Lipinski definition) is 6. The second-order valence-electron chi connectivity index (χ2n) is 8.55. The van der Waals surface area contributed by atoms with Crippen molar-refractivity contribution in [3.8, 4) is 6.07 Å². The summed E-state index contributed by atoms with van der Waals surface area (Å²) in [5.74, 6) is -0.259. The number of benzene rings is 2. The zero-order chi connectivity index (χ0) is 24.5. The molecule has 1 aliphatic heterocycles. The molecule has 0 atom stereocenters. The molecule has 7 nitrogen and oxygen atoms in total. The third-order valence-corrected chi connectivity index (χ3v) is 8.29. The van der Waals surface area contributed by atoms with E-state index in [0.717, 1.165) is 36.5 Å². The topological polar surface area (TPSA) is 116 Å². The van der Waals surface area contributed by atoms with Crippen LogP contribution in [0.5, 0.6) is 0 Å². The number of nitriles is 1. The summed E-state index contributed by atoms with van der Waals surface area (Å²) in [5.41, 5.74) is 6.12. The van der Waals surface area contributed by atoms with Gasteiger partial charge in [-0.25, -0.2) is 13.6 Å². The van der Waals surface area contributed by atoms with Crippen molar-refractivity contribution >= 4 is 32.3 Å². The molecule has 34 heavy (non-hydrogen) atoms. The maximum atomic E-state index is 12.7. The molecule has 0 bridgehead atoms. The van der Waals surface area contributed by atoms with Crippen molar-refractivity contribution in [3.63, 3.8) is 0 Å². The number of fused-ring (bicyclic) bond motifs is 1. The molecular formula is C25H26N4O3S2. The molecule has 0 aliphatic carbocycles. The smallest absolute Gasteiger partial charge is 0.238 e. The van der Waals surface area contributed by atoms with Crippen molar-refractivity contribution in [2.45, 2.75) is 44.7 Å². The quantitative estimate of drug-likeness (QED) is 0.543. The zero-order valence-electron chi connectivity index (χ0n) is 19.1. The summed E-state index contributed by atoms with van der Waals surface area (Å²) < 4.78 is 22.8. The lowest BCUT2D eigenvalue weighted by molar-refractivity contribution is -0.115. The molecular weight excluding hydrogens is 468 g/mol. The van der Waals surface area contributed by atoms with Crippen LogP contribution in [0.4, 0.5) is 5.00 Å². The molecule has 2 aromatic carbocycles. The molecule has 1 amide bonds. The molecule has 0 saturated heterocycles. The summed E-state index contributed by atoms with van der Waals surface area (Å²) in [6, 6.07) is 14.5. The fraction of sp³-hybridized carbons (Fsp3) is 0.280. The van der Waals surface area contributed by atoms with Crippen LogP contribution in [0.1, 0.15) is 38.3 Å². The summed E-state index contributed by atoms with van der Waals surface area (Å²) in [4.78, 5) is 16.1. The van der Waals surface area contributed by atoms with E-state index in [1.165, 1.54) is 40.2 Å². The number of primary sulfonamides is 1. The van der Waals surface area contributed by atoms with Gasteiger partial charge in [-0.1, -0.05) is 30.3 Å². The molecule has 3 N–H and O–H groups in total. The zero-order valence-corrected chi connectivity index (χ0v) is 20.7. The third-order valence-electron chi connectivity index (χ3n) is 6.23. The highest BCUT2D eigenvalue weighted by atomic mass is 32.2. The number of carbonyl (C=O) groups excluding carboxylic acids is 1. The standard InChI is InChI=1S/C25H26N4O3S2/c1-16-4-3-5-19(17(16)2)14-29-11-10-21-22(13-26)25(33-23(21)15-29)28-24(30)12-18-6-8-20(9-7-18)34(27,31)32/h3-9H,10-12,14-15H2,1-2H3,(H,28,30)(H2,27,31,32). The Hall–Kier alpha value is -3.03. The van der Waals surface area contributed by atoms with Crippen LogP contribution < -0.4 is 10.5 Å². The Balaban J connectivity index is 1.46. The Morgan fingerprint density at radius 2 is 1.94 bits per heavy atom. The molecule has 4 rings (SSSR count). The maximum absolute atomic E-state index is 12.7. The van der Waals surface area contributed by atoms with Gasteiger partial charge in [0.2, 0.25) is 15.9 Å². The van der Waals surface area contributed by atoms with E-state index in [-0.39, 0.29) is 17.2 Å². The summed E-state index contributed by atoms with van der Waals surface area (Å²) in [7, 11) is -3.78. The molecule has 0 spiro atoms. The van der Waals surface area contributed by atoms with Crippen molar-refractivity contribution in [2.24, 2.45) is 5.14 Å². The number of carbonyl (C=O) groups is 1. The minimum absolute atomic E-state index is 0.000215. The molecule has 1 aliphatic rings. The first-order valence-electron chi connectivity index (χ1n) is 10.9. The maximum Gasteiger partial charge on any atom is 0.238 e. The highest BCUT2D eigenvalue weighted by molar-refractivity contribution is 7.89. The molecule has 3 aromatic rings. The monoisotopic (exact) mass is 494 g/mol. The first-order valence-corrected chi connectivity index (χ1v) is 13.3. The summed E-state index contributed by atoms with van der Waals surface area (Å²) in [5, 5.41) is 18.3. The van der Waals surface area contributed by atoms with Crippen molar-refractivity contribution < 1.29 is 13.2 Å². The average Bonchev–Trinajstić information content (AvgIpc) is 3.12. The third kappa shape index (κ3) is 5.21. The molecule has 1 aromatic heterocycles. The van der Waals surface area contributed by atoms with Crippen LogP contribution in [-0.2, 0) is 40.7 Å². The number of rotatable bonds is 6. The van der Waals surface area contributed by atoms with E-state index < -0.39 is 10.0 Å². The van der Waals surface area contributed by atoms with E-state index in [0.29, 0.717) is 16.1 Å². The lowest BCUT2D eigenvalue weighted by Crippen LogP contribution is -2.29. The SMILES string of the molecule is Cc1cccc(CN2CCc3c(sc(NC(=O)Cc4ccc(S(N)(=O)=O)cc4)c3C#N)C2)c1C. The van der Waals surface area contributed by atoms with E-state index >= 15 is 0 Å². The lowest BCUT2D eigenvalue weighted by atomic mass is 10.0. The molecule has 9 heteroatoms. The van der Waals surface area contributed by atoms with E-state index in [1.54, 1.807) is 12.1 Å². The second kappa shape index (κ2) is 9.68. The van der Waals surface area contributed by atoms with Gasteiger partial charge in [0, 0.05) is 24.5 Å². The van der Waals surface area contributed by atoms with Crippen molar-refractivity contribution in [2.75, 3.05) is 11.9 Å². The molecule has 0 saturated carbocycles.